The third-order valence-corrected chi connectivity index (χ3v) is 4.52. The van der Waals surface area contributed by atoms with Crippen molar-refractivity contribution < 1.29 is 0 Å². The molecule has 2 N–H and O–H groups in total. The zero-order valence-corrected chi connectivity index (χ0v) is 14.1. The van der Waals surface area contributed by atoms with Gasteiger partial charge in [0.2, 0.25) is 5.95 Å². The van der Waals surface area contributed by atoms with Gasteiger partial charge in [-0.3, -0.25) is 0 Å². The van der Waals surface area contributed by atoms with Crippen molar-refractivity contribution in [3.8, 4) is 11.3 Å². The SMILES string of the molecule is CCc1ccc(-c2cc(C)nc(NCC3CCNCC3)n2)cc1. The summed E-state index contributed by atoms with van der Waals surface area (Å²) >= 11 is 0. The number of aromatic nitrogens is 2. The van der Waals surface area contributed by atoms with E-state index >= 15 is 0 Å². The van der Waals surface area contributed by atoms with Gasteiger partial charge in [-0.05, 0) is 56.8 Å². The van der Waals surface area contributed by atoms with Gasteiger partial charge in [0, 0.05) is 17.8 Å². The van der Waals surface area contributed by atoms with Crippen molar-refractivity contribution in [2.75, 3.05) is 25.0 Å². The highest BCUT2D eigenvalue weighted by Crippen LogP contribution is 2.20. The molecule has 0 aliphatic carbocycles. The second-order valence-corrected chi connectivity index (χ2v) is 6.34. The van der Waals surface area contributed by atoms with E-state index in [9.17, 15) is 0 Å². The van der Waals surface area contributed by atoms with Gasteiger partial charge in [-0.15, -0.1) is 0 Å². The molecule has 1 aromatic carbocycles. The van der Waals surface area contributed by atoms with Crippen molar-refractivity contribution in [3.63, 3.8) is 0 Å². The lowest BCUT2D eigenvalue weighted by atomic mass is 9.98. The number of benzene rings is 1. The van der Waals surface area contributed by atoms with Gasteiger partial charge in [0.25, 0.3) is 0 Å². The Morgan fingerprint density at radius 3 is 2.57 bits per heavy atom. The van der Waals surface area contributed by atoms with Gasteiger partial charge in [0.15, 0.2) is 0 Å². The molecular formula is C19H26N4. The van der Waals surface area contributed by atoms with E-state index < -0.39 is 0 Å². The van der Waals surface area contributed by atoms with E-state index in [4.69, 9.17) is 4.98 Å². The quantitative estimate of drug-likeness (QED) is 0.888. The fraction of sp³-hybridized carbons (Fsp3) is 0.474. The largest absolute Gasteiger partial charge is 0.354 e. The van der Waals surface area contributed by atoms with Crippen molar-refractivity contribution in [2.24, 2.45) is 5.92 Å². The second kappa shape index (κ2) is 7.55. The van der Waals surface area contributed by atoms with Crippen LogP contribution in [0.2, 0.25) is 0 Å². The molecule has 1 aliphatic rings. The summed E-state index contributed by atoms with van der Waals surface area (Å²) in [6.45, 7) is 7.40. The highest BCUT2D eigenvalue weighted by atomic mass is 15.1. The predicted molar refractivity (Wildman–Crippen MR) is 95.7 cm³/mol. The maximum absolute atomic E-state index is 4.71. The summed E-state index contributed by atoms with van der Waals surface area (Å²) in [6.07, 6.45) is 3.51. The Morgan fingerprint density at radius 2 is 1.87 bits per heavy atom. The first-order valence-electron chi connectivity index (χ1n) is 8.64. The minimum Gasteiger partial charge on any atom is -0.354 e. The van der Waals surface area contributed by atoms with E-state index in [0.717, 1.165) is 49.0 Å². The Balaban J connectivity index is 1.72. The maximum Gasteiger partial charge on any atom is 0.223 e. The van der Waals surface area contributed by atoms with Crippen LogP contribution < -0.4 is 10.6 Å². The van der Waals surface area contributed by atoms with Crippen molar-refractivity contribution >= 4 is 5.95 Å². The Hall–Kier alpha value is -1.94. The summed E-state index contributed by atoms with van der Waals surface area (Å²) in [5, 5.41) is 6.84. The molecule has 0 bridgehead atoms. The molecule has 2 aromatic rings. The first-order chi connectivity index (χ1) is 11.2. The molecule has 0 atom stereocenters. The summed E-state index contributed by atoms with van der Waals surface area (Å²) in [5.74, 6) is 1.46. The van der Waals surface area contributed by atoms with Crippen LogP contribution in [0.1, 0.15) is 31.0 Å². The Bertz CT molecular complexity index is 630. The molecule has 2 heterocycles. The molecule has 23 heavy (non-hydrogen) atoms. The van der Waals surface area contributed by atoms with Crippen LogP contribution in [0, 0.1) is 12.8 Å². The van der Waals surface area contributed by atoms with Crippen molar-refractivity contribution in [1.82, 2.24) is 15.3 Å². The van der Waals surface area contributed by atoms with Crippen molar-refractivity contribution in [1.29, 1.82) is 0 Å². The van der Waals surface area contributed by atoms with Gasteiger partial charge >= 0.3 is 0 Å². The first kappa shape index (κ1) is 15.9. The zero-order chi connectivity index (χ0) is 16.1. The van der Waals surface area contributed by atoms with Gasteiger partial charge in [0.1, 0.15) is 0 Å². The number of piperidine rings is 1. The summed E-state index contributed by atoms with van der Waals surface area (Å²) in [4.78, 5) is 9.25. The van der Waals surface area contributed by atoms with Crippen LogP contribution in [-0.2, 0) is 6.42 Å². The highest BCUT2D eigenvalue weighted by Gasteiger charge is 2.13. The van der Waals surface area contributed by atoms with E-state index in [1.54, 1.807) is 0 Å². The van der Waals surface area contributed by atoms with E-state index in [2.05, 4.69) is 52.9 Å². The minimum atomic E-state index is 0.715. The van der Waals surface area contributed by atoms with Crippen LogP contribution in [0.3, 0.4) is 0 Å². The Kier molecular flexibility index (Phi) is 5.23. The number of hydrogen-bond acceptors (Lipinski definition) is 4. The number of nitrogens with zero attached hydrogens (tertiary/aromatic N) is 2. The molecule has 0 unspecified atom stereocenters. The molecule has 122 valence electrons. The molecule has 1 saturated heterocycles. The molecule has 0 spiro atoms. The fourth-order valence-electron chi connectivity index (χ4n) is 3.03. The van der Waals surface area contributed by atoms with Crippen LogP contribution in [0.15, 0.2) is 30.3 Å². The molecule has 1 aromatic heterocycles. The van der Waals surface area contributed by atoms with Crippen molar-refractivity contribution in [3.05, 3.63) is 41.6 Å². The molecule has 0 radical (unpaired) electrons. The van der Waals surface area contributed by atoms with Gasteiger partial charge in [-0.25, -0.2) is 9.97 Å². The van der Waals surface area contributed by atoms with Crippen molar-refractivity contribution in [2.45, 2.75) is 33.1 Å². The molecule has 4 nitrogen and oxygen atoms in total. The van der Waals surface area contributed by atoms with Gasteiger partial charge in [0.05, 0.1) is 5.69 Å². The van der Waals surface area contributed by atoms with E-state index in [-0.39, 0.29) is 0 Å². The molecule has 0 saturated carbocycles. The van der Waals surface area contributed by atoms with Crippen LogP contribution in [0.5, 0.6) is 0 Å². The average Bonchev–Trinajstić information content (AvgIpc) is 2.60. The van der Waals surface area contributed by atoms with Crippen LogP contribution >= 0.6 is 0 Å². The molecule has 1 aliphatic heterocycles. The van der Waals surface area contributed by atoms with Gasteiger partial charge < -0.3 is 10.6 Å². The standard InChI is InChI=1S/C19H26N4/c1-3-15-4-6-17(7-5-15)18-12-14(2)22-19(23-18)21-13-16-8-10-20-11-9-16/h4-7,12,16,20H,3,8-11,13H2,1-2H3,(H,21,22,23). The fourth-order valence-corrected chi connectivity index (χ4v) is 3.03. The summed E-state index contributed by atoms with van der Waals surface area (Å²) in [7, 11) is 0. The Morgan fingerprint density at radius 1 is 1.13 bits per heavy atom. The molecule has 3 rings (SSSR count). The number of hydrogen-bond donors (Lipinski definition) is 2. The molecule has 0 amide bonds. The summed E-state index contributed by atoms with van der Waals surface area (Å²) in [6, 6.07) is 10.7. The minimum absolute atomic E-state index is 0.715. The predicted octanol–water partition coefficient (Wildman–Crippen LogP) is 3.43. The number of nitrogens with one attached hydrogen (secondary N) is 2. The van der Waals surface area contributed by atoms with Crippen LogP contribution in [0.25, 0.3) is 11.3 Å². The summed E-state index contributed by atoms with van der Waals surface area (Å²) < 4.78 is 0. The molecule has 4 heteroatoms. The van der Waals surface area contributed by atoms with E-state index in [0.29, 0.717) is 5.92 Å². The normalized spacial score (nSPS) is 15.6. The highest BCUT2D eigenvalue weighted by molar-refractivity contribution is 5.61. The first-order valence-corrected chi connectivity index (χ1v) is 8.64. The van der Waals surface area contributed by atoms with E-state index in [1.165, 1.54) is 18.4 Å². The maximum atomic E-state index is 4.71. The lowest BCUT2D eigenvalue weighted by Gasteiger charge is -2.22. The third kappa shape index (κ3) is 4.29. The smallest absolute Gasteiger partial charge is 0.223 e. The zero-order valence-electron chi connectivity index (χ0n) is 14.1. The lowest BCUT2D eigenvalue weighted by molar-refractivity contribution is 0.389. The average molecular weight is 310 g/mol. The van der Waals surface area contributed by atoms with Crippen LogP contribution in [0.4, 0.5) is 5.95 Å². The molecular weight excluding hydrogens is 284 g/mol. The second-order valence-electron chi connectivity index (χ2n) is 6.34. The number of aryl methyl sites for hydroxylation is 2. The summed E-state index contributed by atoms with van der Waals surface area (Å²) in [5.41, 5.74) is 4.50. The van der Waals surface area contributed by atoms with Gasteiger partial charge in [-0.2, -0.15) is 0 Å². The lowest BCUT2D eigenvalue weighted by Crippen LogP contribution is -2.31. The van der Waals surface area contributed by atoms with Gasteiger partial charge in [-0.1, -0.05) is 31.2 Å². The Labute approximate surface area is 138 Å². The monoisotopic (exact) mass is 310 g/mol. The third-order valence-electron chi connectivity index (χ3n) is 4.52. The number of anilines is 1. The number of rotatable bonds is 5. The molecule has 1 fully saturated rings. The van der Waals surface area contributed by atoms with E-state index in [1.807, 2.05) is 6.92 Å². The topological polar surface area (TPSA) is 49.8 Å². The van der Waals surface area contributed by atoms with Crippen LogP contribution in [-0.4, -0.2) is 29.6 Å².